The second-order valence-electron chi connectivity index (χ2n) is 7.23. The van der Waals surface area contributed by atoms with Crippen LogP contribution in [0.1, 0.15) is 54.9 Å². The van der Waals surface area contributed by atoms with E-state index in [1.807, 2.05) is 0 Å². The monoisotopic (exact) mass is 330 g/mol. The number of fused-ring (bicyclic) bond motifs is 1. The molecular formula is C17H26N6O. The van der Waals surface area contributed by atoms with Crippen LogP contribution in [-0.2, 0) is 25.9 Å². The summed E-state index contributed by atoms with van der Waals surface area (Å²) in [7, 11) is 0. The highest BCUT2D eigenvalue weighted by Gasteiger charge is 2.23. The molecule has 130 valence electrons. The van der Waals surface area contributed by atoms with Gasteiger partial charge < -0.3 is 4.52 Å². The molecule has 2 aliphatic rings. The standard InChI is InChI=1S/C17H26N6O/c1-12(2)17-18-16(24-21-17)11-23-8-6-22(7-9-23)10-15-13-4-3-5-14(13)19-20-15/h12H,3-11H2,1-2H3,(H,19,20). The van der Waals surface area contributed by atoms with Crippen LogP contribution in [0.2, 0.25) is 0 Å². The van der Waals surface area contributed by atoms with Gasteiger partial charge in [0, 0.05) is 44.3 Å². The molecule has 0 spiro atoms. The fourth-order valence-corrected chi connectivity index (χ4v) is 3.59. The van der Waals surface area contributed by atoms with E-state index in [-0.39, 0.29) is 0 Å². The maximum Gasteiger partial charge on any atom is 0.240 e. The minimum Gasteiger partial charge on any atom is -0.338 e. The average molecular weight is 330 g/mol. The average Bonchev–Trinajstić information content (AvgIpc) is 3.28. The molecule has 0 aromatic carbocycles. The lowest BCUT2D eigenvalue weighted by Gasteiger charge is -2.33. The van der Waals surface area contributed by atoms with Crippen molar-refractivity contribution in [1.82, 2.24) is 30.1 Å². The Hall–Kier alpha value is -1.73. The topological polar surface area (TPSA) is 74.1 Å². The van der Waals surface area contributed by atoms with Crippen molar-refractivity contribution >= 4 is 0 Å². The zero-order valence-electron chi connectivity index (χ0n) is 14.6. The molecule has 0 saturated carbocycles. The van der Waals surface area contributed by atoms with Gasteiger partial charge in [-0.25, -0.2) is 0 Å². The van der Waals surface area contributed by atoms with Crippen LogP contribution in [0, 0.1) is 0 Å². The van der Waals surface area contributed by atoms with Gasteiger partial charge in [0.1, 0.15) is 0 Å². The highest BCUT2D eigenvalue weighted by Crippen LogP contribution is 2.24. The second kappa shape index (κ2) is 6.64. The fraction of sp³-hybridized carbons (Fsp3) is 0.706. The zero-order chi connectivity index (χ0) is 16.5. The highest BCUT2D eigenvalue weighted by atomic mass is 16.5. The second-order valence-corrected chi connectivity index (χ2v) is 7.23. The molecule has 7 heteroatoms. The molecule has 0 radical (unpaired) electrons. The summed E-state index contributed by atoms with van der Waals surface area (Å²) in [6.07, 6.45) is 3.63. The van der Waals surface area contributed by atoms with Crippen molar-refractivity contribution in [2.45, 2.75) is 52.1 Å². The molecule has 1 N–H and O–H groups in total. The first-order chi connectivity index (χ1) is 11.7. The van der Waals surface area contributed by atoms with E-state index in [1.54, 1.807) is 0 Å². The molecule has 24 heavy (non-hydrogen) atoms. The highest BCUT2D eigenvalue weighted by molar-refractivity contribution is 5.29. The van der Waals surface area contributed by atoms with Gasteiger partial charge in [-0.05, 0) is 24.8 Å². The number of nitrogens with zero attached hydrogens (tertiary/aromatic N) is 5. The van der Waals surface area contributed by atoms with Crippen molar-refractivity contribution < 1.29 is 4.52 Å². The molecule has 0 unspecified atom stereocenters. The third-order valence-electron chi connectivity index (χ3n) is 5.09. The van der Waals surface area contributed by atoms with Gasteiger partial charge in [0.15, 0.2) is 5.82 Å². The summed E-state index contributed by atoms with van der Waals surface area (Å²) in [5.74, 6) is 1.85. The van der Waals surface area contributed by atoms with Crippen molar-refractivity contribution in [2.24, 2.45) is 0 Å². The molecule has 1 aliphatic heterocycles. The smallest absolute Gasteiger partial charge is 0.240 e. The molecule has 3 heterocycles. The van der Waals surface area contributed by atoms with Gasteiger partial charge >= 0.3 is 0 Å². The summed E-state index contributed by atoms with van der Waals surface area (Å²) in [5, 5.41) is 11.8. The quantitative estimate of drug-likeness (QED) is 0.900. The van der Waals surface area contributed by atoms with Gasteiger partial charge in [0.25, 0.3) is 0 Å². The van der Waals surface area contributed by atoms with E-state index >= 15 is 0 Å². The van der Waals surface area contributed by atoms with Gasteiger partial charge in [-0.15, -0.1) is 0 Å². The predicted octanol–water partition coefficient (Wildman–Crippen LogP) is 1.72. The number of aromatic amines is 1. The molecule has 2 aromatic heterocycles. The lowest BCUT2D eigenvalue weighted by molar-refractivity contribution is 0.111. The van der Waals surface area contributed by atoms with Crippen LogP contribution in [0.25, 0.3) is 0 Å². The first-order valence-corrected chi connectivity index (χ1v) is 9.01. The molecular weight excluding hydrogens is 304 g/mol. The largest absolute Gasteiger partial charge is 0.338 e. The summed E-state index contributed by atoms with van der Waals surface area (Å²) in [5.41, 5.74) is 4.10. The van der Waals surface area contributed by atoms with Crippen molar-refractivity contribution in [3.63, 3.8) is 0 Å². The van der Waals surface area contributed by atoms with E-state index < -0.39 is 0 Å². The van der Waals surface area contributed by atoms with Crippen LogP contribution in [-0.4, -0.2) is 56.3 Å². The van der Waals surface area contributed by atoms with Crippen molar-refractivity contribution in [1.29, 1.82) is 0 Å². The molecule has 4 rings (SSSR count). The van der Waals surface area contributed by atoms with Gasteiger partial charge in [-0.2, -0.15) is 10.1 Å². The van der Waals surface area contributed by atoms with E-state index in [4.69, 9.17) is 4.52 Å². The van der Waals surface area contributed by atoms with Gasteiger partial charge in [-0.3, -0.25) is 14.9 Å². The number of aryl methyl sites for hydroxylation is 1. The first-order valence-electron chi connectivity index (χ1n) is 9.01. The number of rotatable bonds is 5. The third kappa shape index (κ3) is 3.23. The SMILES string of the molecule is CC(C)c1noc(CN2CCN(Cc3n[nH]c4c3CCC4)CC2)n1. The Morgan fingerprint density at radius 2 is 1.83 bits per heavy atom. The Bertz CT molecular complexity index is 683. The first kappa shape index (κ1) is 15.8. The number of hydrogen-bond donors (Lipinski definition) is 1. The fourth-order valence-electron chi connectivity index (χ4n) is 3.59. The number of piperazine rings is 1. The van der Waals surface area contributed by atoms with Crippen molar-refractivity contribution in [3.8, 4) is 0 Å². The van der Waals surface area contributed by atoms with E-state index in [9.17, 15) is 0 Å². The lowest BCUT2D eigenvalue weighted by Crippen LogP contribution is -2.45. The van der Waals surface area contributed by atoms with Crippen LogP contribution in [0.3, 0.4) is 0 Å². The van der Waals surface area contributed by atoms with Crippen molar-refractivity contribution in [2.75, 3.05) is 26.2 Å². The van der Waals surface area contributed by atoms with E-state index in [0.717, 1.165) is 51.0 Å². The third-order valence-corrected chi connectivity index (χ3v) is 5.09. The molecule has 2 aromatic rings. The molecule has 1 saturated heterocycles. The lowest BCUT2D eigenvalue weighted by atomic mass is 10.2. The molecule has 0 amide bonds. The normalized spacial score (nSPS) is 19.3. The number of aromatic nitrogens is 4. The van der Waals surface area contributed by atoms with E-state index in [1.165, 1.54) is 36.2 Å². The predicted molar refractivity (Wildman–Crippen MR) is 89.6 cm³/mol. The number of H-pyrrole nitrogens is 1. The molecule has 7 nitrogen and oxygen atoms in total. The summed E-state index contributed by atoms with van der Waals surface area (Å²) in [6, 6.07) is 0. The minimum absolute atomic E-state index is 0.315. The summed E-state index contributed by atoms with van der Waals surface area (Å²) < 4.78 is 5.36. The number of hydrogen-bond acceptors (Lipinski definition) is 6. The maximum absolute atomic E-state index is 5.36. The van der Waals surface area contributed by atoms with Gasteiger partial charge in [0.05, 0.1) is 12.2 Å². The molecule has 0 bridgehead atoms. The Morgan fingerprint density at radius 3 is 2.54 bits per heavy atom. The zero-order valence-corrected chi connectivity index (χ0v) is 14.6. The van der Waals surface area contributed by atoms with Crippen molar-refractivity contribution in [3.05, 3.63) is 28.7 Å². The Balaban J connectivity index is 1.28. The number of nitrogens with one attached hydrogen (secondary N) is 1. The van der Waals surface area contributed by atoms with Gasteiger partial charge in [-0.1, -0.05) is 19.0 Å². The summed E-state index contributed by atoms with van der Waals surface area (Å²) in [6.45, 7) is 10.1. The van der Waals surface area contributed by atoms with Gasteiger partial charge in [0.2, 0.25) is 5.89 Å². The van der Waals surface area contributed by atoms with Crippen LogP contribution in [0.4, 0.5) is 0 Å². The Kier molecular flexibility index (Phi) is 4.37. The molecule has 1 fully saturated rings. The van der Waals surface area contributed by atoms with Crippen LogP contribution < -0.4 is 0 Å². The Labute approximate surface area is 142 Å². The van der Waals surface area contributed by atoms with Crippen LogP contribution in [0.15, 0.2) is 4.52 Å². The Morgan fingerprint density at radius 1 is 1.08 bits per heavy atom. The van der Waals surface area contributed by atoms with Crippen LogP contribution >= 0.6 is 0 Å². The van der Waals surface area contributed by atoms with E-state index in [2.05, 4.69) is 44.0 Å². The summed E-state index contributed by atoms with van der Waals surface area (Å²) >= 11 is 0. The van der Waals surface area contributed by atoms with E-state index in [0.29, 0.717) is 5.92 Å². The minimum atomic E-state index is 0.315. The molecule has 1 aliphatic carbocycles. The maximum atomic E-state index is 5.36. The summed E-state index contributed by atoms with van der Waals surface area (Å²) in [4.78, 5) is 9.37. The van der Waals surface area contributed by atoms with Crippen LogP contribution in [0.5, 0.6) is 0 Å². The molecule has 0 atom stereocenters.